The number of nitrogens with zero attached hydrogens (tertiary/aromatic N) is 1. The molecule has 3 atom stereocenters. The first kappa shape index (κ1) is 30.1. The number of rotatable bonds is 15. The smallest absolute Gasteiger partial charge is 0.326 e. The van der Waals surface area contributed by atoms with E-state index in [1.807, 2.05) is 38.1 Å². The van der Waals surface area contributed by atoms with Gasteiger partial charge in [0.25, 0.3) is 0 Å². The monoisotopic (exact) mass is 530 g/mol. The molecule has 3 unspecified atom stereocenters. The summed E-state index contributed by atoms with van der Waals surface area (Å²) in [5, 5.41) is 18.2. The number of aliphatic imine (C=N–C) groups is 1. The molecule has 13 heteroatoms. The Hall–Kier alpha value is -4.13. The number of aromatic nitrogens is 1. The van der Waals surface area contributed by atoms with Crippen molar-refractivity contribution < 1.29 is 24.3 Å². The van der Waals surface area contributed by atoms with Crippen LogP contribution in [0.15, 0.2) is 35.5 Å². The zero-order valence-corrected chi connectivity index (χ0v) is 21.7. The van der Waals surface area contributed by atoms with Gasteiger partial charge in [-0.2, -0.15) is 0 Å². The summed E-state index contributed by atoms with van der Waals surface area (Å²) >= 11 is 0. The molecule has 38 heavy (non-hydrogen) atoms. The molecule has 0 aliphatic heterocycles. The van der Waals surface area contributed by atoms with Gasteiger partial charge in [-0.05, 0) is 36.8 Å². The van der Waals surface area contributed by atoms with Crippen molar-refractivity contribution in [2.75, 3.05) is 13.1 Å². The molecule has 0 saturated heterocycles. The van der Waals surface area contributed by atoms with Crippen LogP contribution in [-0.2, 0) is 25.6 Å². The fourth-order valence-corrected chi connectivity index (χ4v) is 3.92. The molecular weight excluding hydrogens is 492 g/mol. The topological polar surface area (TPSA) is 231 Å². The first-order valence-electron chi connectivity index (χ1n) is 12.4. The number of carbonyl (C=O) groups excluding carboxylic acids is 3. The summed E-state index contributed by atoms with van der Waals surface area (Å²) in [5.41, 5.74) is 18.1. The Labute approximate surface area is 221 Å². The summed E-state index contributed by atoms with van der Waals surface area (Å²) in [6, 6.07) is 4.33. The van der Waals surface area contributed by atoms with Gasteiger partial charge in [-0.1, -0.05) is 32.0 Å². The van der Waals surface area contributed by atoms with Gasteiger partial charge in [0.1, 0.15) is 12.1 Å². The van der Waals surface area contributed by atoms with E-state index in [0.29, 0.717) is 12.8 Å². The number of aliphatic carboxylic acids is 1. The Bertz CT molecular complexity index is 1140. The number of benzene rings is 1. The second kappa shape index (κ2) is 14.6. The van der Waals surface area contributed by atoms with Crippen molar-refractivity contribution in [3.05, 3.63) is 36.0 Å². The zero-order valence-electron chi connectivity index (χ0n) is 21.7. The predicted octanol–water partition coefficient (Wildman–Crippen LogP) is -0.692. The van der Waals surface area contributed by atoms with Crippen molar-refractivity contribution in [1.82, 2.24) is 20.9 Å². The van der Waals surface area contributed by atoms with E-state index in [-0.39, 0.29) is 37.8 Å². The molecule has 0 radical (unpaired) electrons. The van der Waals surface area contributed by atoms with E-state index in [0.717, 1.165) is 16.5 Å². The number of nitrogens with one attached hydrogen (secondary N) is 4. The first-order valence-corrected chi connectivity index (χ1v) is 12.4. The van der Waals surface area contributed by atoms with Crippen molar-refractivity contribution in [1.29, 1.82) is 0 Å². The van der Waals surface area contributed by atoms with Gasteiger partial charge >= 0.3 is 5.97 Å². The summed E-state index contributed by atoms with van der Waals surface area (Å²) in [4.78, 5) is 56.7. The number of aromatic amines is 1. The number of fused-ring (bicyclic) bond motifs is 1. The number of H-pyrrole nitrogens is 1. The van der Waals surface area contributed by atoms with Crippen LogP contribution in [0.3, 0.4) is 0 Å². The maximum atomic E-state index is 13.1. The summed E-state index contributed by atoms with van der Waals surface area (Å²) in [5.74, 6) is -2.92. The molecule has 0 aliphatic carbocycles. The van der Waals surface area contributed by atoms with Crippen LogP contribution in [0.1, 0.15) is 38.7 Å². The van der Waals surface area contributed by atoms with E-state index in [1.54, 1.807) is 6.20 Å². The largest absolute Gasteiger partial charge is 0.480 e. The van der Waals surface area contributed by atoms with Crippen LogP contribution in [-0.4, -0.2) is 71.0 Å². The highest BCUT2D eigenvalue weighted by Gasteiger charge is 2.27. The van der Waals surface area contributed by atoms with E-state index < -0.39 is 41.8 Å². The highest BCUT2D eigenvalue weighted by Crippen LogP contribution is 2.19. The third-order valence-corrected chi connectivity index (χ3v) is 5.80. The Balaban J connectivity index is 2.06. The van der Waals surface area contributed by atoms with E-state index in [9.17, 15) is 24.3 Å². The Kier molecular flexibility index (Phi) is 11.5. The second-order valence-electron chi connectivity index (χ2n) is 9.49. The van der Waals surface area contributed by atoms with Crippen molar-refractivity contribution in [2.45, 2.75) is 57.7 Å². The van der Waals surface area contributed by atoms with E-state index >= 15 is 0 Å². The van der Waals surface area contributed by atoms with Gasteiger partial charge in [0, 0.05) is 30.1 Å². The molecule has 1 aromatic carbocycles. The average Bonchev–Trinajstić information content (AvgIpc) is 3.26. The van der Waals surface area contributed by atoms with Crippen LogP contribution >= 0.6 is 0 Å². The highest BCUT2D eigenvalue weighted by molar-refractivity contribution is 5.93. The standard InChI is InChI=1S/C25H38N8O5/c1-14(2)10-17(26)22(35)31-13-21(34)32-19(8-5-9-29-25(27)28)23(36)33-20(24(37)38)11-15-12-30-18-7-4-3-6-16(15)18/h3-4,6-7,12,14,17,19-20,30H,5,8-11,13,26H2,1-2H3,(H,31,35)(H,32,34)(H,33,36)(H,37,38)(H4,27,28,29). The van der Waals surface area contributed by atoms with Crippen LogP contribution in [0.5, 0.6) is 0 Å². The number of hydrogen-bond donors (Lipinski definition) is 8. The summed E-state index contributed by atoms with van der Waals surface area (Å²) < 4.78 is 0. The molecule has 1 aromatic heterocycles. The normalized spacial score (nSPS) is 13.4. The van der Waals surface area contributed by atoms with Crippen molar-refractivity contribution >= 4 is 40.6 Å². The molecule has 13 nitrogen and oxygen atoms in total. The lowest BCUT2D eigenvalue weighted by Gasteiger charge is -2.22. The molecule has 2 aromatic rings. The number of carbonyl (C=O) groups is 4. The number of para-hydroxylation sites is 1. The number of amides is 3. The molecule has 0 fully saturated rings. The van der Waals surface area contributed by atoms with Crippen molar-refractivity contribution in [3.8, 4) is 0 Å². The average molecular weight is 531 g/mol. The van der Waals surface area contributed by atoms with Crippen LogP contribution in [0.25, 0.3) is 10.9 Å². The molecular formula is C25H38N8O5. The summed E-state index contributed by atoms with van der Waals surface area (Å²) in [6.07, 6.45) is 2.66. The lowest BCUT2D eigenvalue weighted by molar-refractivity contribution is -0.142. The number of carboxylic acid groups (broad SMARTS) is 1. The lowest BCUT2D eigenvalue weighted by Crippen LogP contribution is -2.54. The fourth-order valence-electron chi connectivity index (χ4n) is 3.92. The minimum absolute atomic E-state index is 0.0313. The second-order valence-corrected chi connectivity index (χ2v) is 9.49. The van der Waals surface area contributed by atoms with Gasteiger partial charge in [-0.15, -0.1) is 0 Å². The zero-order chi connectivity index (χ0) is 28.2. The molecule has 11 N–H and O–H groups in total. The third-order valence-electron chi connectivity index (χ3n) is 5.80. The molecule has 208 valence electrons. The molecule has 0 aliphatic rings. The summed E-state index contributed by atoms with van der Waals surface area (Å²) in [7, 11) is 0. The van der Waals surface area contributed by atoms with Crippen LogP contribution < -0.4 is 33.2 Å². The van der Waals surface area contributed by atoms with Crippen LogP contribution in [0.2, 0.25) is 0 Å². The van der Waals surface area contributed by atoms with Gasteiger partial charge in [-0.3, -0.25) is 19.4 Å². The Morgan fingerprint density at radius 3 is 2.42 bits per heavy atom. The fraction of sp³-hybridized carbons (Fsp3) is 0.480. The number of nitrogens with two attached hydrogens (primary N) is 3. The maximum Gasteiger partial charge on any atom is 0.326 e. The maximum absolute atomic E-state index is 13.1. The van der Waals surface area contributed by atoms with Gasteiger partial charge in [0.05, 0.1) is 12.6 Å². The lowest BCUT2D eigenvalue weighted by atomic mass is 10.0. The molecule has 0 spiro atoms. The molecule has 3 amide bonds. The van der Waals surface area contributed by atoms with Crippen molar-refractivity contribution in [3.63, 3.8) is 0 Å². The van der Waals surface area contributed by atoms with Gasteiger partial charge < -0.3 is 43.2 Å². The molecule has 2 rings (SSSR count). The highest BCUT2D eigenvalue weighted by atomic mass is 16.4. The number of hydrogen-bond acceptors (Lipinski definition) is 6. The van der Waals surface area contributed by atoms with Crippen molar-refractivity contribution in [2.24, 2.45) is 28.1 Å². The van der Waals surface area contributed by atoms with E-state index in [1.165, 1.54) is 0 Å². The molecule has 0 bridgehead atoms. The molecule has 1 heterocycles. The van der Waals surface area contributed by atoms with Crippen LogP contribution in [0.4, 0.5) is 0 Å². The van der Waals surface area contributed by atoms with Gasteiger partial charge in [-0.25, -0.2) is 4.79 Å². The predicted molar refractivity (Wildman–Crippen MR) is 144 cm³/mol. The quantitative estimate of drug-likeness (QED) is 0.0832. The van der Waals surface area contributed by atoms with Crippen LogP contribution in [0, 0.1) is 5.92 Å². The number of guanidine groups is 1. The summed E-state index contributed by atoms with van der Waals surface area (Å²) in [6.45, 7) is 3.67. The van der Waals surface area contributed by atoms with Gasteiger partial charge in [0.15, 0.2) is 5.96 Å². The Morgan fingerprint density at radius 1 is 1.05 bits per heavy atom. The van der Waals surface area contributed by atoms with Gasteiger partial charge in [0.2, 0.25) is 17.7 Å². The minimum atomic E-state index is -1.24. The number of carboxylic acids is 1. The first-order chi connectivity index (χ1) is 18.0. The SMILES string of the molecule is CC(C)CC(N)C(=O)NCC(=O)NC(CCCN=C(N)N)C(=O)NC(Cc1c[nH]c2ccccc12)C(=O)O. The van der Waals surface area contributed by atoms with E-state index in [2.05, 4.69) is 25.9 Å². The minimum Gasteiger partial charge on any atom is -0.480 e. The van der Waals surface area contributed by atoms with E-state index in [4.69, 9.17) is 17.2 Å². The Morgan fingerprint density at radius 2 is 1.76 bits per heavy atom. The molecule has 0 saturated carbocycles. The third kappa shape index (κ3) is 9.73.